The quantitative estimate of drug-likeness (QED) is 0.748. The van der Waals surface area contributed by atoms with E-state index in [9.17, 15) is 18.0 Å². The van der Waals surface area contributed by atoms with E-state index in [0.717, 1.165) is 0 Å². The van der Waals surface area contributed by atoms with Gasteiger partial charge in [-0.1, -0.05) is 0 Å². The summed E-state index contributed by atoms with van der Waals surface area (Å²) in [6, 6.07) is 4.19. The van der Waals surface area contributed by atoms with Crippen LogP contribution in [0.5, 0.6) is 11.8 Å². The Morgan fingerprint density at radius 1 is 1.11 bits per heavy atom. The Morgan fingerprint density at radius 2 is 1.85 bits per heavy atom. The second-order valence-electron chi connectivity index (χ2n) is 6.01. The average Bonchev–Trinajstić information content (AvgIpc) is 2.55. The third-order valence-corrected chi connectivity index (χ3v) is 3.93. The lowest BCUT2D eigenvalue weighted by atomic mass is 10.0. The summed E-state index contributed by atoms with van der Waals surface area (Å²) in [6.07, 6.45) is -2.43. The summed E-state index contributed by atoms with van der Waals surface area (Å²) >= 11 is 0. The van der Waals surface area contributed by atoms with E-state index in [4.69, 9.17) is 4.74 Å². The zero-order chi connectivity index (χ0) is 19.8. The van der Waals surface area contributed by atoms with Gasteiger partial charge in [-0.05, 0) is 32.4 Å². The van der Waals surface area contributed by atoms with Crippen LogP contribution in [0.25, 0.3) is 11.3 Å². The first-order chi connectivity index (χ1) is 12.7. The van der Waals surface area contributed by atoms with E-state index >= 15 is 0 Å². The van der Waals surface area contributed by atoms with Crippen LogP contribution in [0.1, 0.15) is 22.4 Å². The van der Waals surface area contributed by atoms with Crippen LogP contribution in [-0.2, 0) is 6.18 Å². The van der Waals surface area contributed by atoms with Crippen molar-refractivity contribution in [2.24, 2.45) is 0 Å². The predicted molar refractivity (Wildman–Crippen MR) is 91.6 cm³/mol. The van der Waals surface area contributed by atoms with E-state index in [1.54, 1.807) is 19.9 Å². The number of aromatic amines is 1. The molecule has 3 rings (SSSR count). The number of hydrogen-bond acceptors (Lipinski definition) is 5. The van der Waals surface area contributed by atoms with Gasteiger partial charge in [0.05, 0.1) is 23.0 Å². The van der Waals surface area contributed by atoms with Gasteiger partial charge in [-0.25, -0.2) is 4.98 Å². The van der Waals surface area contributed by atoms with Crippen molar-refractivity contribution in [3.63, 3.8) is 0 Å². The molecule has 27 heavy (non-hydrogen) atoms. The monoisotopic (exact) mass is 376 g/mol. The third-order valence-electron chi connectivity index (χ3n) is 3.93. The fourth-order valence-electron chi connectivity index (χ4n) is 2.65. The van der Waals surface area contributed by atoms with Crippen LogP contribution >= 0.6 is 0 Å². The number of H-pyrrole nitrogens is 1. The molecule has 6 nitrogen and oxygen atoms in total. The molecule has 0 amide bonds. The number of pyridine rings is 2. The highest BCUT2D eigenvalue weighted by molar-refractivity contribution is 5.71. The van der Waals surface area contributed by atoms with Gasteiger partial charge in [0, 0.05) is 29.6 Å². The summed E-state index contributed by atoms with van der Waals surface area (Å²) in [6.45, 7) is 4.65. The summed E-state index contributed by atoms with van der Waals surface area (Å²) in [4.78, 5) is 18.6. The van der Waals surface area contributed by atoms with E-state index in [2.05, 4.69) is 20.2 Å². The van der Waals surface area contributed by atoms with E-state index in [-0.39, 0.29) is 34.0 Å². The lowest BCUT2D eigenvalue weighted by Crippen LogP contribution is -2.12. The maximum absolute atomic E-state index is 13.4. The number of alkyl halides is 3. The maximum Gasteiger partial charge on any atom is 0.418 e. The molecule has 0 saturated heterocycles. The topological polar surface area (TPSA) is 80.8 Å². The Kier molecular flexibility index (Phi) is 4.69. The third kappa shape index (κ3) is 3.81. The van der Waals surface area contributed by atoms with Crippen molar-refractivity contribution in [2.45, 2.75) is 26.9 Å². The van der Waals surface area contributed by atoms with Gasteiger partial charge >= 0.3 is 6.18 Å². The minimum atomic E-state index is -4.60. The minimum absolute atomic E-state index is 0.0377. The number of nitrogens with zero attached hydrogens (tertiary/aromatic N) is 3. The lowest BCUT2D eigenvalue weighted by Gasteiger charge is -2.17. The molecule has 9 heteroatoms. The molecule has 0 aliphatic heterocycles. The summed E-state index contributed by atoms with van der Waals surface area (Å²) in [7, 11) is 0. The molecule has 0 radical (unpaired) electrons. The van der Waals surface area contributed by atoms with Gasteiger partial charge in [-0.15, -0.1) is 5.10 Å². The highest BCUT2D eigenvalue weighted by Gasteiger charge is 2.35. The highest BCUT2D eigenvalue weighted by Crippen LogP contribution is 2.40. The molecular weight excluding hydrogens is 361 g/mol. The van der Waals surface area contributed by atoms with E-state index in [1.807, 2.05) is 0 Å². The molecule has 140 valence electrons. The molecule has 0 bridgehead atoms. The number of aryl methyl sites for hydroxylation is 2. The molecule has 1 N–H and O–H groups in total. The minimum Gasteiger partial charge on any atom is -0.418 e. The van der Waals surface area contributed by atoms with Crippen molar-refractivity contribution in [1.29, 1.82) is 0 Å². The summed E-state index contributed by atoms with van der Waals surface area (Å²) < 4.78 is 45.7. The second kappa shape index (κ2) is 6.82. The van der Waals surface area contributed by atoms with Crippen LogP contribution in [0.2, 0.25) is 0 Å². The zero-order valence-electron chi connectivity index (χ0n) is 14.7. The lowest BCUT2D eigenvalue weighted by molar-refractivity contribution is -0.138. The molecule has 0 aromatic carbocycles. The summed E-state index contributed by atoms with van der Waals surface area (Å²) in [5.74, 6) is 0.00533. The molecule has 0 unspecified atom stereocenters. The van der Waals surface area contributed by atoms with Gasteiger partial charge in [-0.2, -0.15) is 18.3 Å². The molecular formula is C18H15F3N4O2. The van der Waals surface area contributed by atoms with Crippen molar-refractivity contribution < 1.29 is 17.9 Å². The fourth-order valence-corrected chi connectivity index (χ4v) is 2.65. The van der Waals surface area contributed by atoms with Crippen molar-refractivity contribution in [1.82, 2.24) is 20.2 Å². The largest absolute Gasteiger partial charge is 0.418 e. The Hall–Kier alpha value is -3.23. The number of halogens is 3. The first kappa shape index (κ1) is 18.6. The summed E-state index contributed by atoms with van der Waals surface area (Å²) in [5.41, 5.74) is -0.0367. The zero-order valence-corrected chi connectivity index (χ0v) is 14.7. The van der Waals surface area contributed by atoms with Crippen molar-refractivity contribution in [3.05, 3.63) is 63.2 Å². The molecule has 0 atom stereocenters. The van der Waals surface area contributed by atoms with E-state index in [1.165, 1.54) is 25.3 Å². The van der Waals surface area contributed by atoms with Crippen LogP contribution in [0.4, 0.5) is 13.2 Å². The number of rotatable bonds is 3. The van der Waals surface area contributed by atoms with Crippen molar-refractivity contribution in [2.75, 3.05) is 0 Å². The van der Waals surface area contributed by atoms with Gasteiger partial charge in [0.2, 0.25) is 11.8 Å². The Morgan fingerprint density at radius 3 is 2.48 bits per heavy atom. The van der Waals surface area contributed by atoms with Gasteiger partial charge in [0.1, 0.15) is 0 Å². The predicted octanol–water partition coefficient (Wildman–Crippen LogP) is 3.96. The Balaban J connectivity index is 2.26. The van der Waals surface area contributed by atoms with Crippen molar-refractivity contribution in [3.8, 4) is 23.0 Å². The Bertz CT molecular complexity index is 1060. The molecule has 3 aromatic rings. The molecule has 3 heterocycles. The van der Waals surface area contributed by atoms with E-state index < -0.39 is 11.7 Å². The van der Waals surface area contributed by atoms with Crippen LogP contribution in [-0.4, -0.2) is 20.2 Å². The highest BCUT2D eigenvalue weighted by atomic mass is 19.4. The van der Waals surface area contributed by atoms with Crippen LogP contribution < -0.4 is 10.2 Å². The van der Waals surface area contributed by atoms with Crippen LogP contribution in [0.15, 0.2) is 35.4 Å². The van der Waals surface area contributed by atoms with Gasteiger partial charge in [-0.3, -0.25) is 4.79 Å². The maximum atomic E-state index is 13.4. The summed E-state index contributed by atoms with van der Waals surface area (Å²) in [5, 5.41) is 7.55. The average molecular weight is 376 g/mol. The SMILES string of the molecule is Cc1cc(=O)cc(-c2c(Oc3nnccc3C)ncc(C(F)(F)F)c2C)[nH]1. The molecule has 0 aliphatic carbocycles. The number of hydrogen-bond donors (Lipinski definition) is 1. The number of ether oxygens (including phenoxy) is 1. The smallest absolute Gasteiger partial charge is 0.418 e. The second-order valence-corrected chi connectivity index (χ2v) is 6.01. The fraction of sp³-hybridized carbons (Fsp3) is 0.222. The van der Waals surface area contributed by atoms with Crippen LogP contribution in [0, 0.1) is 20.8 Å². The molecule has 0 fully saturated rings. The van der Waals surface area contributed by atoms with Gasteiger partial charge < -0.3 is 9.72 Å². The van der Waals surface area contributed by atoms with Crippen LogP contribution in [0.3, 0.4) is 0 Å². The molecule has 3 aromatic heterocycles. The van der Waals surface area contributed by atoms with Gasteiger partial charge in [0.15, 0.2) is 5.43 Å². The molecule has 0 aliphatic rings. The number of aromatic nitrogens is 4. The normalized spacial score (nSPS) is 11.5. The van der Waals surface area contributed by atoms with Crippen molar-refractivity contribution >= 4 is 0 Å². The number of nitrogens with one attached hydrogen (secondary N) is 1. The Labute approximate surface area is 152 Å². The molecule has 0 saturated carbocycles. The first-order valence-electron chi connectivity index (χ1n) is 7.91. The molecule has 0 spiro atoms. The standard InChI is InChI=1S/C18H15F3N4O2/c1-9-4-5-23-25-16(9)27-17-15(14-7-12(26)6-10(2)24-14)11(3)13(8-22-17)18(19,20)21/h4-8H,1-3H3,(H,24,26). The first-order valence-corrected chi connectivity index (χ1v) is 7.91. The van der Waals surface area contributed by atoms with E-state index in [0.29, 0.717) is 17.5 Å². The van der Waals surface area contributed by atoms with Gasteiger partial charge in [0.25, 0.3) is 0 Å².